The third-order valence-corrected chi connectivity index (χ3v) is 5.09. The number of H-pyrrole nitrogens is 2. The zero-order chi connectivity index (χ0) is 20.9. The van der Waals surface area contributed by atoms with Gasteiger partial charge in [0.2, 0.25) is 0 Å². The van der Waals surface area contributed by atoms with Gasteiger partial charge >= 0.3 is 0 Å². The van der Waals surface area contributed by atoms with E-state index < -0.39 is 0 Å². The number of nitrogen functional groups attached to an aromatic ring is 1. The highest BCUT2D eigenvalue weighted by atomic mass is 15.1. The summed E-state index contributed by atoms with van der Waals surface area (Å²) in [6.45, 7) is 1.94. The molecular formula is C21H16N10. The van der Waals surface area contributed by atoms with Crippen molar-refractivity contribution < 1.29 is 0 Å². The van der Waals surface area contributed by atoms with Gasteiger partial charge in [-0.25, -0.2) is 9.97 Å². The Morgan fingerprint density at radius 2 is 1.87 bits per heavy atom. The van der Waals surface area contributed by atoms with Crippen LogP contribution in [0.15, 0.2) is 55.6 Å². The number of aromatic amines is 2. The van der Waals surface area contributed by atoms with Crippen molar-refractivity contribution in [2.75, 3.05) is 5.73 Å². The van der Waals surface area contributed by atoms with Crippen LogP contribution < -0.4 is 5.73 Å². The largest absolute Gasteiger partial charge is 0.397 e. The number of fused-ring (bicyclic) bond motifs is 2. The fourth-order valence-corrected chi connectivity index (χ4v) is 3.63. The van der Waals surface area contributed by atoms with Gasteiger partial charge in [0.15, 0.2) is 5.82 Å². The van der Waals surface area contributed by atoms with Crippen LogP contribution in [0, 0.1) is 6.92 Å². The Labute approximate surface area is 175 Å². The van der Waals surface area contributed by atoms with Crippen LogP contribution in [-0.2, 0) is 0 Å². The number of hydrogen-bond acceptors (Lipinski definition) is 7. The average molecular weight is 408 g/mol. The van der Waals surface area contributed by atoms with Crippen LogP contribution in [0.1, 0.15) is 5.69 Å². The lowest BCUT2D eigenvalue weighted by Crippen LogP contribution is -1.92. The molecule has 0 aliphatic rings. The van der Waals surface area contributed by atoms with E-state index in [1.807, 2.05) is 29.8 Å². The first kappa shape index (κ1) is 17.3. The van der Waals surface area contributed by atoms with Crippen LogP contribution in [0.5, 0.6) is 0 Å². The topological polar surface area (TPSA) is 140 Å². The smallest absolute Gasteiger partial charge is 0.159 e. The molecule has 0 saturated heterocycles. The molecule has 0 bridgehead atoms. The Hall–Kier alpha value is -4.60. The minimum Gasteiger partial charge on any atom is -0.397 e. The Kier molecular flexibility index (Phi) is 3.60. The summed E-state index contributed by atoms with van der Waals surface area (Å²) in [7, 11) is 0. The van der Waals surface area contributed by atoms with Crippen molar-refractivity contribution in [2.24, 2.45) is 0 Å². The van der Waals surface area contributed by atoms with Gasteiger partial charge in [-0.15, -0.1) is 0 Å². The third kappa shape index (κ3) is 2.81. The first-order valence-corrected chi connectivity index (χ1v) is 9.56. The maximum atomic E-state index is 5.88. The molecule has 0 aromatic carbocycles. The van der Waals surface area contributed by atoms with E-state index in [1.54, 1.807) is 37.3 Å². The number of hydrogen-bond donors (Lipinski definition) is 3. The van der Waals surface area contributed by atoms with Gasteiger partial charge in [-0.1, -0.05) is 0 Å². The quantitative estimate of drug-likeness (QED) is 0.409. The van der Waals surface area contributed by atoms with Crippen molar-refractivity contribution >= 4 is 27.6 Å². The van der Waals surface area contributed by atoms with Gasteiger partial charge < -0.3 is 15.3 Å². The second kappa shape index (κ2) is 6.46. The number of aryl methyl sites for hydroxylation is 1. The molecule has 0 amide bonds. The zero-order valence-corrected chi connectivity index (χ0v) is 16.4. The molecule has 0 radical (unpaired) electrons. The Morgan fingerprint density at radius 3 is 2.71 bits per heavy atom. The summed E-state index contributed by atoms with van der Waals surface area (Å²) in [6.07, 6.45) is 12.3. The molecule has 150 valence electrons. The summed E-state index contributed by atoms with van der Waals surface area (Å²) in [5.74, 6) is 0.634. The van der Waals surface area contributed by atoms with Gasteiger partial charge in [0.05, 0.1) is 58.7 Å². The molecule has 4 N–H and O–H groups in total. The van der Waals surface area contributed by atoms with E-state index in [9.17, 15) is 0 Å². The highest BCUT2D eigenvalue weighted by molar-refractivity contribution is 5.95. The fourth-order valence-electron chi connectivity index (χ4n) is 3.63. The van der Waals surface area contributed by atoms with Gasteiger partial charge in [-0.3, -0.25) is 20.1 Å². The van der Waals surface area contributed by atoms with Crippen molar-refractivity contribution in [3.63, 3.8) is 0 Å². The molecule has 0 unspecified atom stereocenters. The van der Waals surface area contributed by atoms with Crippen LogP contribution >= 0.6 is 0 Å². The first-order valence-electron chi connectivity index (χ1n) is 9.56. The van der Waals surface area contributed by atoms with Gasteiger partial charge in [0.25, 0.3) is 0 Å². The van der Waals surface area contributed by atoms with E-state index in [0.29, 0.717) is 17.2 Å². The van der Waals surface area contributed by atoms with Crippen molar-refractivity contribution in [3.05, 3.63) is 61.3 Å². The number of imidazole rings is 2. The summed E-state index contributed by atoms with van der Waals surface area (Å²) in [4.78, 5) is 25.5. The average Bonchev–Trinajstić information content (AvgIpc) is 3.50. The van der Waals surface area contributed by atoms with E-state index in [1.165, 1.54) is 0 Å². The molecule has 31 heavy (non-hydrogen) atoms. The monoisotopic (exact) mass is 408 g/mol. The van der Waals surface area contributed by atoms with Crippen molar-refractivity contribution in [3.8, 4) is 28.5 Å². The molecule has 0 atom stereocenters. The lowest BCUT2D eigenvalue weighted by molar-refractivity contribution is 1.05. The van der Waals surface area contributed by atoms with Crippen molar-refractivity contribution in [1.82, 2.24) is 44.7 Å². The molecular weight excluding hydrogens is 392 g/mol. The number of nitrogens with zero attached hydrogens (tertiary/aromatic N) is 7. The molecule has 0 spiro atoms. The van der Waals surface area contributed by atoms with Crippen LogP contribution in [0.4, 0.5) is 5.69 Å². The summed E-state index contributed by atoms with van der Waals surface area (Å²) < 4.78 is 1.91. The van der Waals surface area contributed by atoms with Crippen molar-refractivity contribution in [2.45, 2.75) is 6.92 Å². The summed E-state index contributed by atoms with van der Waals surface area (Å²) in [5.41, 5.74) is 12.9. The molecule has 6 heterocycles. The molecule has 6 aromatic rings. The Morgan fingerprint density at radius 1 is 0.968 bits per heavy atom. The predicted octanol–water partition coefficient (Wildman–Crippen LogP) is 3.03. The predicted molar refractivity (Wildman–Crippen MR) is 116 cm³/mol. The lowest BCUT2D eigenvalue weighted by atomic mass is 10.1. The first-order chi connectivity index (χ1) is 15.2. The standard InChI is InChI=1S/C21H16N10/c1-11-9-31(10-26-11)18-8-24-6-17-20(18)28-21(27-17)19-14-3-15(25-7-16(14)29-30-19)12-2-13(22)5-23-4-12/h2-10H,22H2,1H3,(H,27,28)(H,29,30). The summed E-state index contributed by atoms with van der Waals surface area (Å²) >= 11 is 0. The number of anilines is 1. The van der Waals surface area contributed by atoms with E-state index >= 15 is 0 Å². The van der Waals surface area contributed by atoms with E-state index in [0.717, 1.165) is 44.6 Å². The number of pyridine rings is 3. The summed E-state index contributed by atoms with van der Waals surface area (Å²) in [6, 6.07) is 3.79. The maximum Gasteiger partial charge on any atom is 0.159 e. The fraction of sp³-hybridized carbons (Fsp3) is 0.0476. The zero-order valence-electron chi connectivity index (χ0n) is 16.4. The van der Waals surface area contributed by atoms with Gasteiger partial charge in [0, 0.05) is 29.5 Å². The number of rotatable bonds is 3. The maximum absolute atomic E-state index is 5.88. The van der Waals surface area contributed by atoms with E-state index in [2.05, 4.69) is 35.1 Å². The van der Waals surface area contributed by atoms with Crippen LogP contribution in [0.3, 0.4) is 0 Å². The molecule has 0 aliphatic carbocycles. The highest BCUT2D eigenvalue weighted by Gasteiger charge is 2.16. The molecule has 0 aliphatic heterocycles. The van der Waals surface area contributed by atoms with Gasteiger partial charge in [-0.2, -0.15) is 5.10 Å². The van der Waals surface area contributed by atoms with Crippen LogP contribution in [0.25, 0.3) is 50.4 Å². The molecule has 10 heteroatoms. The second-order valence-corrected chi connectivity index (χ2v) is 7.26. The SMILES string of the molecule is Cc1cn(-c2cncc3[nH]c(-c4n[nH]c5cnc(-c6cncc(N)c6)cc45)nc23)cn1. The molecule has 6 aromatic heterocycles. The lowest BCUT2D eigenvalue weighted by Gasteiger charge is -2.02. The van der Waals surface area contributed by atoms with Gasteiger partial charge in [0.1, 0.15) is 11.2 Å². The summed E-state index contributed by atoms with van der Waals surface area (Å²) in [5, 5.41) is 8.40. The molecule has 10 nitrogen and oxygen atoms in total. The molecule has 0 saturated carbocycles. The second-order valence-electron chi connectivity index (χ2n) is 7.26. The Bertz CT molecular complexity index is 1570. The number of nitrogens with two attached hydrogens (primary N) is 1. The number of nitrogens with one attached hydrogen (secondary N) is 2. The molecule has 0 fully saturated rings. The Balaban J connectivity index is 1.51. The normalized spacial score (nSPS) is 11.5. The van der Waals surface area contributed by atoms with Crippen LogP contribution in [-0.4, -0.2) is 44.7 Å². The minimum atomic E-state index is 0.582. The number of aromatic nitrogens is 9. The van der Waals surface area contributed by atoms with Crippen LogP contribution in [0.2, 0.25) is 0 Å². The van der Waals surface area contributed by atoms with E-state index in [4.69, 9.17) is 10.7 Å². The van der Waals surface area contributed by atoms with E-state index in [-0.39, 0.29) is 0 Å². The highest BCUT2D eigenvalue weighted by Crippen LogP contribution is 2.30. The van der Waals surface area contributed by atoms with Crippen molar-refractivity contribution in [1.29, 1.82) is 0 Å². The minimum absolute atomic E-state index is 0.582. The third-order valence-electron chi connectivity index (χ3n) is 5.09. The molecule has 6 rings (SSSR count). The van der Waals surface area contributed by atoms with Gasteiger partial charge in [-0.05, 0) is 19.1 Å².